The lowest BCUT2D eigenvalue weighted by Gasteiger charge is -2.34. The molecule has 0 spiro atoms. The van der Waals surface area contributed by atoms with Crippen molar-refractivity contribution in [2.75, 3.05) is 19.6 Å². The summed E-state index contributed by atoms with van der Waals surface area (Å²) < 4.78 is 14.8. The first-order chi connectivity index (χ1) is 17.1. The van der Waals surface area contributed by atoms with Gasteiger partial charge in [0.15, 0.2) is 0 Å². The summed E-state index contributed by atoms with van der Waals surface area (Å²) in [6, 6.07) is 13.6. The van der Waals surface area contributed by atoms with Gasteiger partial charge in [0.05, 0.1) is 18.1 Å². The number of aromatic nitrogens is 3. The second kappa shape index (κ2) is 10.4. The Balaban J connectivity index is 1.13. The molecule has 1 saturated carbocycles. The van der Waals surface area contributed by atoms with Crippen LogP contribution in [0.1, 0.15) is 47.5 Å². The largest absolute Gasteiger partial charge is 0.341 e. The molecule has 1 aliphatic carbocycles. The Labute approximate surface area is 203 Å². The molecule has 2 amide bonds. The number of carbonyl (C=O) groups excluding carboxylic acids is 2. The molecule has 1 aromatic heterocycles. The normalized spacial score (nSPS) is 19.6. The molecule has 2 fully saturated rings. The molecule has 2 aliphatic rings. The van der Waals surface area contributed by atoms with Gasteiger partial charge in [0, 0.05) is 30.6 Å². The van der Waals surface area contributed by atoms with E-state index < -0.39 is 6.04 Å². The van der Waals surface area contributed by atoms with Gasteiger partial charge >= 0.3 is 0 Å². The summed E-state index contributed by atoms with van der Waals surface area (Å²) in [7, 11) is 0. The van der Waals surface area contributed by atoms with Crippen LogP contribution in [-0.2, 0) is 4.79 Å². The lowest BCUT2D eigenvalue weighted by Crippen LogP contribution is -2.53. The molecule has 8 nitrogen and oxygen atoms in total. The van der Waals surface area contributed by atoms with E-state index in [4.69, 9.17) is 0 Å². The molecule has 0 bridgehead atoms. The molecule has 5 rings (SSSR count). The highest BCUT2D eigenvalue weighted by Gasteiger charge is 2.37. The van der Waals surface area contributed by atoms with Crippen LogP contribution in [0.15, 0.2) is 60.9 Å². The van der Waals surface area contributed by atoms with Crippen molar-refractivity contribution in [3.63, 3.8) is 0 Å². The first kappa shape index (κ1) is 23.2. The maximum absolute atomic E-state index is 13.1. The Kier molecular flexibility index (Phi) is 6.85. The Hall–Kier alpha value is -3.59. The predicted molar refractivity (Wildman–Crippen MR) is 129 cm³/mol. The predicted octanol–water partition coefficient (Wildman–Crippen LogP) is 2.66. The van der Waals surface area contributed by atoms with Crippen LogP contribution in [0.3, 0.4) is 0 Å². The Morgan fingerprint density at radius 2 is 1.86 bits per heavy atom. The van der Waals surface area contributed by atoms with Crippen LogP contribution >= 0.6 is 0 Å². The topological polar surface area (TPSA) is 92.2 Å². The van der Waals surface area contributed by atoms with Gasteiger partial charge in [-0.3, -0.25) is 9.59 Å². The highest BCUT2D eigenvalue weighted by molar-refractivity contribution is 5.97. The maximum Gasteiger partial charge on any atom is 0.251 e. The van der Waals surface area contributed by atoms with Crippen molar-refractivity contribution < 1.29 is 14.0 Å². The number of amides is 2. The van der Waals surface area contributed by atoms with Crippen molar-refractivity contribution in [1.82, 2.24) is 30.5 Å². The van der Waals surface area contributed by atoms with E-state index in [9.17, 15) is 14.0 Å². The van der Waals surface area contributed by atoms with Crippen LogP contribution in [0.2, 0.25) is 0 Å². The fourth-order valence-electron chi connectivity index (χ4n) is 4.46. The van der Waals surface area contributed by atoms with E-state index >= 15 is 0 Å². The molecule has 0 unspecified atom stereocenters. The molecular weight excluding hydrogens is 447 g/mol. The van der Waals surface area contributed by atoms with Crippen LogP contribution < -0.4 is 10.6 Å². The zero-order valence-electron chi connectivity index (χ0n) is 19.4. The fourth-order valence-corrected chi connectivity index (χ4v) is 4.46. The van der Waals surface area contributed by atoms with Gasteiger partial charge < -0.3 is 15.5 Å². The zero-order valence-corrected chi connectivity index (χ0v) is 19.4. The number of halogens is 1. The smallest absolute Gasteiger partial charge is 0.251 e. The number of hydrogen-bond donors (Lipinski definition) is 2. The fraction of sp³-hybridized carbons (Fsp3) is 0.385. The molecule has 0 radical (unpaired) electrons. The van der Waals surface area contributed by atoms with Gasteiger partial charge in [-0.05, 0) is 74.2 Å². The van der Waals surface area contributed by atoms with Crippen molar-refractivity contribution in [3.05, 3.63) is 77.9 Å². The van der Waals surface area contributed by atoms with Crippen molar-refractivity contribution in [1.29, 1.82) is 0 Å². The lowest BCUT2D eigenvalue weighted by molar-refractivity contribution is -0.136. The Morgan fingerprint density at radius 3 is 2.51 bits per heavy atom. The van der Waals surface area contributed by atoms with Gasteiger partial charge in [-0.2, -0.15) is 0 Å². The second-order valence-electron chi connectivity index (χ2n) is 9.20. The summed E-state index contributed by atoms with van der Waals surface area (Å²) >= 11 is 0. The third-order valence-electron chi connectivity index (χ3n) is 6.75. The van der Waals surface area contributed by atoms with Gasteiger partial charge in [-0.1, -0.05) is 17.3 Å². The molecule has 3 atom stereocenters. The van der Waals surface area contributed by atoms with Crippen LogP contribution in [0.5, 0.6) is 0 Å². The molecule has 1 aliphatic heterocycles. The third kappa shape index (κ3) is 5.57. The second-order valence-corrected chi connectivity index (χ2v) is 9.20. The number of nitrogens with zero attached hydrogens (tertiary/aromatic N) is 4. The average molecular weight is 477 g/mol. The highest BCUT2D eigenvalue weighted by atomic mass is 19.1. The molecule has 2 N–H and O–H groups in total. The monoisotopic (exact) mass is 476 g/mol. The minimum absolute atomic E-state index is 0.0144. The molecule has 9 heteroatoms. The van der Waals surface area contributed by atoms with Gasteiger partial charge in [-0.25, -0.2) is 9.07 Å². The van der Waals surface area contributed by atoms with Crippen molar-refractivity contribution in [2.24, 2.45) is 0 Å². The molecule has 182 valence electrons. The van der Waals surface area contributed by atoms with E-state index in [-0.39, 0.29) is 17.6 Å². The van der Waals surface area contributed by atoms with E-state index in [2.05, 4.69) is 20.9 Å². The maximum atomic E-state index is 13.1. The van der Waals surface area contributed by atoms with Gasteiger partial charge in [0.2, 0.25) is 5.91 Å². The summed E-state index contributed by atoms with van der Waals surface area (Å²) in [5, 5.41) is 14.2. The van der Waals surface area contributed by atoms with Crippen molar-refractivity contribution in [3.8, 4) is 5.69 Å². The summed E-state index contributed by atoms with van der Waals surface area (Å²) in [6.45, 7) is 2.25. The average Bonchev–Trinajstić information content (AvgIpc) is 3.39. The Morgan fingerprint density at radius 1 is 1.09 bits per heavy atom. The zero-order chi connectivity index (χ0) is 24.2. The minimum Gasteiger partial charge on any atom is -0.341 e. The molecule has 2 aromatic carbocycles. The number of likely N-dealkylation sites (tertiary alicyclic amines) is 1. The van der Waals surface area contributed by atoms with Crippen LogP contribution in [0.25, 0.3) is 5.69 Å². The van der Waals surface area contributed by atoms with Crippen molar-refractivity contribution >= 4 is 11.8 Å². The summed E-state index contributed by atoms with van der Waals surface area (Å²) in [4.78, 5) is 27.7. The SMILES string of the molecule is O=C(N[C@@H](CCCN[C@@H]1C[C@H]1c1ccc(F)cc1)C(=O)N1CCC1)c1ccc(-n2ccnn2)cc1. The van der Waals surface area contributed by atoms with E-state index in [1.807, 2.05) is 12.1 Å². The molecule has 1 saturated heterocycles. The summed E-state index contributed by atoms with van der Waals surface area (Å²) in [6.07, 6.45) is 6.69. The molecule has 35 heavy (non-hydrogen) atoms. The van der Waals surface area contributed by atoms with Crippen LogP contribution in [0, 0.1) is 5.82 Å². The quantitative estimate of drug-likeness (QED) is 0.439. The van der Waals surface area contributed by atoms with Crippen LogP contribution in [-0.4, -0.2) is 63.4 Å². The lowest BCUT2D eigenvalue weighted by atomic mass is 10.1. The highest BCUT2D eigenvalue weighted by Crippen LogP contribution is 2.40. The number of hydrogen-bond acceptors (Lipinski definition) is 5. The number of rotatable bonds is 10. The van der Waals surface area contributed by atoms with Gasteiger partial charge in [0.1, 0.15) is 11.9 Å². The first-order valence-electron chi connectivity index (χ1n) is 12.1. The number of carbonyl (C=O) groups is 2. The Bertz CT molecular complexity index is 1150. The van der Waals surface area contributed by atoms with E-state index in [1.165, 1.54) is 12.1 Å². The number of benzene rings is 2. The third-order valence-corrected chi connectivity index (χ3v) is 6.75. The van der Waals surface area contributed by atoms with Gasteiger partial charge in [-0.15, -0.1) is 5.10 Å². The standard InChI is InChI=1S/C26H29FN6O2/c27-20-8-4-18(5-9-20)22-17-24(22)28-12-1-3-23(26(35)32-14-2-15-32)30-25(34)19-6-10-21(11-7-19)33-16-13-29-31-33/h4-11,13,16,22-24,28H,1-3,12,14-15,17H2,(H,30,34)/t22-,23-,24+/m0/s1. The summed E-state index contributed by atoms with van der Waals surface area (Å²) in [5.74, 6) is -0.0840. The van der Waals surface area contributed by atoms with Gasteiger partial charge in [0.25, 0.3) is 5.91 Å². The molecular formula is C26H29FN6O2. The molecule has 2 heterocycles. The first-order valence-corrected chi connectivity index (χ1v) is 12.1. The van der Waals surface area contributed by atoms with E-state index in [0.717, 1.165) is 50.1 Å². The van der Waals surface area contributed by atoms with Crippen molar-refractivity contribution in [2.45, 2.75) is 43.7 Å². The van der Waals surface area contributed by atoms with Crippen LogP contribution in [0.4, 0.5) is 4.39 Å². The van der Waals surface area contributed by atoms with E-state index in [1.54, 1.807) is 46.2 Å². The molecule has 3 aromatic rings. The summed E-state index contributed by atoms with van der Waals surface area (Å²) in [5.41, 5.74) is 2.45. The van der Waals surface area contributed by atoms with E-state index in [0.29, 0.717) is 23.9 Å². The minimum atomic E-state index is -0.549. The number of nitrogens with one attached hydrogen (secondary N) is 2.